The van der Waals surface area contributed by atoms with Crippen LogP contribution < -0.4 is 0 Å². The lowest BCUT2D eigenvalue weighted by Crippen LogP contribution is -2.19. The minimum Gasteiger partial charge on any atom is -0.362 e. The van der Waals surface area contributed by atoms with Crippen molar-refractivity contribution in [3.63, 3.8) is 0 Å². The number of thioether (sulfide) groups is 1. The van der Waals surface area contributed by atoms with Gasteiger partial charge in [-0.1, -0.05) is 19.1 Å². The zero-order chi connectivity index (χ0) is 10.6. The summed E-state index contributed by atoms with van der Waals surface area (Å²) in [5.74, 6) is 0.300. The van der Waals surface area contributed by atoms with Crippen molar-refractivity contribution in [1.82, 2.24) is 0 Å². The Morgan fingerprint density at radius 3 is 2.36 bits per heavy atom. The van der Waals surface area contributed by atoms with E-state index < -0.39 is 12.1 Å². The Hall–Kier alpha value is -0.840. The fraction of sp³-hybridized carbons (Fsp3) is 0.300. The van der Waals surface area contributed by atoms with Gasteiger partial charge in [-0.05, 0) is 17.9 Å². The van der Waals surface area contributed by atoms with Crippen molar-refractivity contribution >= 4 is 17.5 Å². The van der Waals surface area contributed by atoms with E-state index in [1.807, 2.05) is 6.92 Å². The van der Waals surface area contributed by atoms with Crippen LogP contribution in [0, 0.1) is 0 Å². The minimum atomic E-state index is -1.92. The average Bonchev–Trinajstić information content (AvgIpc) is 2.18. The third-order valence-electron chi connectivity index (χ3n) is 1.68. The van der Waals surface area contributed by atoms with E-state index in [1.165, 1.54) is 0 Å². The van der Waals surface area contributed by atoms with Crippen LogP contribution in [-0.4, -0.2) is 28.0 Å². The molecule has 0 spiro atoms. The van der Waals surface area contributed by atoms with Gasteiger partial charge < -0.3 is 10.2 Å². The van der Waals surface area contributed by atoms with Crippen LogP contribution in [0.3, 0.4) is 0 Å². The first-order chi connectivity index (χ1) is 6.65. The summed E-state index contributed by atoms with van der Waals surface area (Å²) in [4.78, 5) is 12.2. The first-order valence-electron chi connectivity index (χ1n) is 4.28. The van der Waals surface area contributed by atoms with Crippen molar-refractivity contribution in [2.45, 2.75) is 18.1 Å². The van der Waals surface area contributed by atoms with Gasteiger partial charge in [0.1, 0.15) is 0 Å². The van der Waals surface area contributed by atoms with Crippen molar-refractivity contribution in [2.24, 2.45) is 0 Å². The molecule has 0 saturated heterocycles. The molecule has 0 bridgehead atoms. The highest BCUT2D eigenvalue weighted by atomic mass is 32.2. The van der Waals surface area contributed by atoms with Crippen LogP contribution >= 0.6 is 11.8 Å². The standard InChI is InChI=1S/C10H12O3S/c1-2-14-8-5-3-7(4-6-8)9(11)10(12)13/h3-6,10,12-13H,2H2,1H3. The molecule has 1 aromatic rings. The number of benzene rings is 1. The molecular formula is C10H12O3S. The van der Waals surface area contributed by atoms with Crippen molar-refractivity contribution < 1.29 is 15.0 Å². The fourth-order valence-electron chi connectivity index (χ4n) is 1.03. The molecule has 0 unspecified atom stereocenters. The third kappa shape index (κ3) is 2.83. The molecule has 0 aliphatic heterocycles. The zero-order valence-corrected chi connectivity index (χ0v) is 8.62. The van der Waals surface area contributed by atoms with Crippen LogP contribution in [-0.2, 0) is 0 Å². The number of hydrogen-bond donors (Lipinski definition) is 2. The molecule has 4 heteroatoms. The summed E-state index contributed by atoms with van der Waals surface area (Å²) in [6, 6.07) is 6.78. The monoisotopic (exact) mass is 212 g/mol. The number of carbonyl (C=O) groups is 1. The SMILES string of the molecule is CCSc1ccc(C(=O)C(O)O)cc1. The molecule has 0 amide bonds. The molecule has 0 heterocycles. The Morgan fingerprint density at radius 1 is 1.36 bits per heavy atom. The van der Waals surface area contributed by atoms with Gasteiger partial charge in [-0.15, -0.1) is 11.8 Å². The lowest BCUT2D eigenvalue weighted by molar-refractivity contribution is -0.0195. The highest BCUT2D eigenvalue weighted by Crippen LogP contribution is 2.18. The van der Waals surface area contributed by atoms with Gasteiger partial charge in [0, 0.05) is 10.5 Å². The summed E-state index contributed by atoms with van der Waals surface area (Å²) < 4.78 is 0. The second-order valence-electron chi connectivity index (χ2n) is 2.70. The van der Waals surface area contributed by atoms with Crippen molar-refractivity contribution in [3.05, 3.63) is 29.8 Å². The van der Waals surface area contributed by atoms with E-state index in [0.29, 0.717) is 5.56 Å². The normalized spacial score (nSPS) is 10.6. The van der Waals surface area contributed by atoms with Crippen LogP contribution in [0.15, 0.2) is 29.2 Å². The van der Waals surface area contributed by atoms with E-state index in [1.54, 1.807) is 36.0 Å². The van der Waals surface area contributed by atoms with Crippen LogP contribution in [0.25, 0.3) is 0 Å². The maximum Gasteiger partial charge on any atom is 0.218 e. The van der Waals surface area contributed by atoms with E-state index in [0.717, 1.165) is 10.6 Å². The lowest BCUT2D eigenvalue weighted by Gasteiger charge is -2.03. The maximum absolute atomic E-state index is 11.1. The first kappa shape index (κ1) is 11.2. The largest absolute Gasteiger partial charge is 0.362 e. The van der Waals surface area contributed by atoms with Crippen LogP contribution in [0.1, 0.15) is 17.3 Å². The molecule has 2 N–H and O–H groups in total. The number of rotatable bonds is 4. The van der Waals surface area contributed by atoms with Crippen LogP contribution in [0.4, 0.5) is 0 Å². The van der Waals surface area contributed by atoms with Crippen molar-refractivity contribution in [3.8, 4) is 0 Å². The van der Waals surface area contributed by atoms with Crippen LogP contribution in [0.5, 0.6) is 0 Å². The molecule has 0 atom stereocenters. The van der Waals surface area contributed by atoms with E-state index in [2.05, 4.69) is 0 Å². The number of aliphatic hydroxyl groups excluding tert-OH is 1. The zero-order valence-electron chi connectivity index (χ0n) is 7.80. The Morgan fingerprint density at radius 2 is 1.93 bits per heavy atom. The summed E-state index contributed by atoms with van der Waals surface area (Å²) in [6.45, 7) is 2.04. The summed E-state index contributed by atoms with van der Waals surface area (Å²) >= 11 is 1.67. The van der Waals surface area contributed by atoms with Gasteiger partial charge in [0.05, 0.1) is 0 Å². The van der Waals surface area contributed by atoms with Crippen LogP contribution in [0.2, 0.25) is 0 Å². The summed E-state index contributed by atoms with van der Waals surface area (Å²) in [7, 11) is 0. The van der Waals surface area contributed by atoms with E-state index in [9.17, 15) is 4.79 Å². The van der Waals surface area contributed by atoms with Crippen molar-refractivity contribution in [1.29, 1.82) is 0 Å². The highest BCUT2D eigenvalue weighted by Gasteiger charge is 2.12. The predicted molar refractivity (Wildman–Crippen MR) is 55.4 cm³/mol. The Labute approximate surface area is 86.8 Å². The highest BCUT2D eigenvalue weighted by molar-refractivity contribution is 7.99. The topological polar surface area (TPSA) is 57.5 Å². The van der Waals surface area contributed by atoms with E-state index in [4.69, 9.17) is 10.2 Å². The van der Waals surface area contributed by atoms with E-state index >= 15 is 0 Å². The number of aliphatic hydroxyl groups is 2. The molecular weight excluding hydrogens is 200 g/mol. The molecule has 0 saturated carbocycles. The van der Waals surface area contributed by atoms with Gasteiger partial charge in [-0.3, -0.25) is 4.79 Å². The summed E-state index contributed by atoms with van der Waals surface area (Å²) in [5, 5.41) is 17.3. The molecule has 3 nitrogen and oxygen atoms in total. The van der Waals surface area contributed by atoms with Gasteiger partial charge in [0.2, 0.25) is 12.1 Å². The predicted octanol–water partition coefficient (Wildman–Crippen LogP) is 1.29. The Balaban J connectivity index is 2.78. The molecule has 1 aromatic carbocycles. The van der Waals surface area contributed by atoms with Gasteiger partial charge in [0.15, 0.2) is 0 Å². The van der Waals surface area contributed by atoms with Crippen molar-refractivity contribution in [2.75, 3.05) is 5.75 Å². The fourth-order valence-corrected chi connectivity index (χ4v) is 1.69. The molecule has 0 aromatic heterocycles. The van der Waals surface area contributed by atoms with Gasteiger partial charge in [0.25, 0.3) is 0 Å². The van der Waals surface area contributed by atoms with Gasteiger partial charge in [-0.2, -0.15) is 0 Å². The second kappa shape index (κ2) is 5.14. The summed E-state index contributed by atoms with van der Waals surface area (Å²) in [6.07, 6.45) is -1.92. The quantitative estimate of drug-likeness (QED) is 0.448. The Kier molecular flexibility index (Phi) is 4.13. The number of Topliss-reactive ketones (excluding diaryl/α,β-unsaturated/α-hetero) is 1. The number of carbonyl (C=O) groups excluding carboxylic acids is 1. The van der Waals surface area contributed by atoms with Gasteiger partial charge in [-0.25, -0.2) is 0 Å². The molecule has 1 rings (SSSR count). The first-order valence-corrected chi connectivity index (χ1v) is 5.27. The minimum absolute atomic E-state index is 0.320. The molecule has 0 radical (unpaired) electrons. The summed E-state index contributed by atoms with van der Waals surface area (Å²) in [5.41, 5.74) is 0.320. The second-order valence-corrected chi connectivity index (χ2v) is 4.03. The van der Waals surface area contributed by atoms with E-state index in [-0.39, 0.29) is 0 Å². The molecule has 0 aliphatic rings. The number of ketones is 1. The maximum atomic E-state index is 11.1. The van der Waals surface area contributed by atoms with Gasteiger partial charge >= 0.3 is 0 Å². The smallest absolute Gasteiger partial charge is 0.218 e. The lowest BCUT2D eigenvalue weighted by atomic mass is 10.1. The molecule has 0 fully saturated rings. The molecule has 76 valence electrons. The average molecular weight is 212 g/mol. The molecule has 14 heavy (non-hydrogen) atoms. The molecule has 0 aliphatic carbocycles. The number of hydrogen-bond acceptors (Lipinski definition) is 4. The Bertz CT molecular complexity index is 306. The third-order valence-corrected chi connectivity index (χ3v) is 2.58.